The molecule has 19 heavy (non-hydrogen) atoms. The van der Waals surface area contributed by atoms with E-state index in [-0.39, 0.29) is 5.91 Å². The number of rotatable bonds is 5. The second kappa shape index (κ2) is 5.96. The zero-order valence-electron chi connectivity index (χ0n) is 10.6. The minimum absolute atomic E-state index is 0.159. The van der Waals surface area contributed by atoms with E-state index in [1.54, 1.807) is 18.3 Å². The number of aromatic nitrogens is 3. The maximum Gasteiger partial charge on any atom is 0.251 e. The molecule has 0 aromatic carbocycles. The number of carbonyl (C=O) groups is 1. The fourth-order valence-electron chi connectivity index (χ4n) is 1.68. The number of nitrogen functional groups attached to an aromatic ring is 1. The Hall–Kier alpha value is -2.41. The van der Waals surface area contributed by atoms with Crippen LogP contribution in [0.2, 0.25) is 0 Å². The van der Waals surface area contributed by atoms with E-state index in [1.807, 2.05) is 17.8 Å². The van der Waals surface area contributed by atoms with Crippen molar-refractivity contribution in [2.45, 2.75) is 6.42 Å². The van der Waals surface area contributed by atoms with Crippen molar-refractivity contribution in [3.8, 4) is 0 Å². The number of hydrazine groups is 1. The van der Waals surface area contributed by atoms with Crippen LogP contribution in [0.3, 0.4) is 0 Å². The summed E-state index contributed by atoms with van der Waals surface area (Å²) in [6.07, 6.45) is 5.82. The van der Waals surface area contributed by atoms with Crippen LogP contribution < -0.4 is 16.6 Å². The van der Waals surface area contributed by atoms with Crippen molar-refractivity contribution < 1.29 is 4.79 Å². The van der Waals surface area contributed by atoms with E-state index < -0.39 is 0 Å². The van der Waals surface area contributed by atoms with Gasteiger partial charge in [-0.3, -0.25) is 4.79 Å². The summed E-state index contributed by atoms with van der Waals surface area (Å²) in [7, 11) is 1.92. The number of hydrogen-bond acceptors (Lipinski definition) is 5. The zero-order chi connectivity index (χ0) is 13.7. The Morgan fingerprint density at radius 1 is 1.42 bits per heavy atom. The van der Waals surface area contributed by atoms with Gasteiger partial charge in [-0.2, -0.15) is 0 Å². The van der Waals surface area contributed by atoms with E-state index in [9.17, 15) is 4.79 Å². The number of aryl methyl sites for hydroxylation is 1. The van der Waals surface area contributed by atoms with E-state index in [1.165, 1.54) is 6.20 Å². The number of imidazole rings is 1. The molecular weight excluding hydrogens is 244 g/mol. The van der Waals surface area contributed by atoms with Crippen LogP contribution >= 0.6 is 0 Å². The van der Waals surface area contributed by atoms with Gasteiger partial charge in [-0.1, -0.05) is 0 Å². The van der Waals surface area contributed by atoms with Crippen LogP contribution in [0.4, 0.5) is 5.82 Å². The molecule has 4 N–H and O–H groups in total. The summed E-state index contributed by atoms with van der Waals surface area (Å²) in [5, 5.41) is 2.83. The third-order valence-electron chi connectivity index (χ3n) is 2.73. The number of nitrogens with one attached hydrogen (secondary N) is 2. The summed E-state index contributed by atoms with van der Waals surface area (Å²) in [5.41, 5.74) is 2.92. The fraction of sp³-hybridized carbons (Fsp3) is 0.250. The van der Waals surface area contributed by atoms with Crippen LogP contribution in [0.5, 0.6) is 0 Å². The molecule has 0 saturated carbocycles. The first kappa shape index (κ1) is 13.0. The fourth-order valence-corrected chi connectivity index (χ4v) is 1.68. The molecule has 0 aliphatic heterocycles. The Morgan fingerprint density at radius 3 is 2.95 bits per heavy atom. The predicted octanol–water partition coefficient (Wildman–Crippen LogP) is 0.0732. The molecule has 0 radical (unpaired) electrons. The highest BCUT2D eigenvalue weighted by Gasteiger charge is 2.06. The maximum atomic E-state index is 11.9. The van der Waals surface area contributed by atoms with Gasteiger partial charge >= 0.3 is 0 Å². The van der Waals surface area contributed by atoms with Crippen molar-refractivity contribution in [2.24, 2.45) is 12.9 Å². The molecule has 0 saturated heterocycles. The summed E-state index contributed by atoms with van der Waals surface area (Å²) in [6, 6.07) is 3.23. The van der Waals surface area contributed by atoms with E-state index in [0.29, 0.717) is 24.3 Å². The van der Waals surface area contributed by atoms with Crippen LogP contribution in [-0.2, 0) is 13.5 Å². The number of carbonyl (C=O) groups excluding carboxylic acids is 1. The van der Waals surface area contributed by atoms with Gasteiger partial charge < -0.3 is 15.3 Å². The lowest BCUT2D eigenvalue weighted by Crippen LogP contribution is -2.26. The molecule has 7 heteroatoms. The first-order chi connectivity index (χ1) is 9.20. The zero-order valence-corrected chi connectivity index (χ0v) is 10.6. The Balaban J connectivity index is 1.89. The molecule has 0 spiro atoms. The lowest BCUT2D eigenvalue weighted by Gasteiger charge is -2.06. The van der Waals surface area contributed by atoms with Crippen molar-refractivity contribution in [1.29, 1.82) is 0 Å². The monoisotopic (exact) mass is 260 g/mol. The molecule has 0 bridgehead atoms. The molecule has 0 aliphatic rings. The predicted molar refractivity (Wildman–Crippen MR) is 71.3 cm³/mol. The van der Waals surface area contributed by atoms with E-state index >= 15 is 0 Å². The lowest BCUT2D eigenvalue weighted by atomic mass is 10.2. The minimum Gasteiger partial charge on any atom is -0.352 e. The SMILES string of the molecule is Cn1ccnc1CCNC(=O)c1ccnc(NN)c1. The van der Waals surface area contributed by atoms with Crippen molar-refractivity contribution in [2.75, 3.05) is 12.0 Å². The smallest absolute Gasteiger partial charge is 0.251 e. The van der Waals surface area contributed by atoms with E-state index in [2.05, 4.69) is 20.7 Å². The summed E-state index contributed by atoms with van der Waals surface area (Å²) >= 11 is 0. The Kier molecular flexibility index (Phi) is 4.09. The van der Waals surface area contributed by atoms with Gasteiger partial charge in [-0.15, -0.1) is 0 Å². The molecule has 0 atom stereocenters. The number of nitrogens with zero attached hydrogens (tertiary/aromatic N) is 3. The summed E-state index contributed by atoms with van der Waals surface area (Å²) in [6.45, 7) is 0.525. The van der Waals surface area contributed by atoms with Crippen molar-refractivity contribution in [3.05, 3.63) is 42.1 Å². The highest BCUT2D eigenvalue weighted by molar-refractivity contribution is 5.94. The lowest BCUT2D eigenvalue weighted by molar-refractivity contribution is 0.0954. The van der Waals surface area contributed by atoms with Gasteiger partial charge in [0, 0.05) is 44.2 Å². The Morgan fingerprint density at radius 2 is 2.26 bits per heavy atom. The summed E-state index contributed by atoms with van der Waals surface area (Å²) < 4.78 is 1.93. The van der Waals surface area contributed by atoms with Crippen molar-refractivity contribution >= 4 is 11.7 Å². The van der Waals surface area contributed by atoms with Crippen LogP contribution in [0.25, 0.3) is 0 Å². The molecule has 2 aromatic rings. The molecule has 2 heterocycles. The third kappa shape index (κ3) is 3.29. The number of anilines is 1. The largest absolute Gasteiger partial charge is 0.352 e. The van der Waals surface area contributed by atoms with Gasteiger partial charge in [-0.05, 0) is 12.1 Å². The molecule has 0 fully saturated rings. The molecule has 100 valence electrons. The second-order valence-electron chi connectivity index (χ2n) is 4.03. The Bertz CT molecular complexity index is 565. The number of nitrogens with two attached hydrogens (primary N) is 1. The summed E-state index contributed by atoms with van der Waals surface area (Å²) in [5.74, 6) is 6.47. The quantitative estimate of drug-likeness (QED) is 0.522. The molecule has 0 aliphatic carbocycles. The average Bonchev–Trinajstić information content (AvgIpc) is 2.84. The van der Waals surface area contributed by atoms with Gasteiger partial charge in [0.05, 0.1) is 0 Å². The standard InChI is InChI=1S/C12H16N6O/c1-18-7-6-15-11(18)3-5-16-12(19)9-2-4-14-10(8-9)17-13/h2,4,6-8H,3,5,13H2,1H3,(H,14,17)(H,16,19). The highest BCUT2D eigenvalue weighted by Crippen LogP contribution is 2.05. The summed E-state index contributed by atoms with van der Waals surface area (Å²) in [4.78, 5) is 20.0. The normalized spacial score (nSPS) is 10.2. The van der Waals surface area contributed by atoms with Gasteiger partial charge in [0.2, 0.25) is 0 Å². The maximum absolute atomic E-state index is 11.9. The van der Waals surface area contributed by atoms with Gasteiger partial charge in [0.1, 0.15) is 11.6 Å². The minimum atomic E-state index is -0.159. The van der Waals surface area contributed by atoms with Gasteiger partial charge in [-0.25, -0.2) is 15.8 Å². The van der Waals surface area contributed by atoms with Crippen LogP contribution in [0.1, 0.15) is 16.2 Å². The molecular formula is C12H16N6O. The van der Waals surface area contributed by atoms with Crippen LogP contribution in [0, 0.1) is 0 Å². The third-order valence-corrected chi connectivity index (χ3v) is 2.73. The molecule has 2 rings (SSSR count). The average molecular weight is 260 g/mol. The van der Waals surface area contributed by atoms with Gasteiger partial charge in [0.25, 0.3) is 5.91 Å². The number of hydrogen-bond donors (Lipinski definition) is 3. The molecule has 0 unspecified atom stereocenters. The van der Waals surface area contributed by atoms with Crippen molar-refractivity contribution in [3.63, 3.8) is 0 Å². The van der Waals surface area contributed by atoms with Crippen LogP contribution in [0.15, 0.2) is 30.7 Å². The van der Waals surface area contributed by atoms with Crippen molar-refractivity contribution in [1.82, 2.24) is 19.9 Å². The Labute approximate surface area is 110 Å². The van der Waals surface area contributed by atoms with E-state index in [4.69, 9.17) is 5.84 Å². The first-order valence-electron chi connectivity index (χ1n) is 5.88. The highest BCUT2D eigenvalue weighted by atomic mass is 16.1. The molecule has 2 aromatic heterocycles. The topological polar surface area (TPSA) is 97.9 Å². The van der Waals surface area contributed by atoms with Crippen LogP contribution in [-0.4, -0.2) is 27.0 Å². The van der Waals surface area contributed by atoms with E-state index in [0.717, 1.165) is 5.82 Å². The molecule has 7 nitrogen and oxygen atoms in total. The second-order valence-corrected chi connectivity index (χ2v) is 4.03. The van der Waals surface area contributed by atoms with Gasteiger partial charge in [0.15, 0.2) is 0 Å². The number of amides is 1. The molecule has 1 amide bonds. The number of pyridine rings is 1. The first-order valence-corrected chi connectivity index (χ1v) is 5.88.